The number of methoxy groups -OCH3 is 1. The zero-order valence-corrected chi connectivity index (χ0v) is 19.7. The maximum absolute atomic E-state index is 14.6. The summed E-state index contributed by atoms with van der Waals surface area (Å²) >= 11 is 0. The Morgan fingerprint density at radius 1 is 1.28 bits per heavy atom. The molecule has 0 radical (unpaired) electrons. The highest BCUT2D eigenvalue weighted by atomic mass is 19.4. The Hall–Kier alpha value is -2.93. The molecular formula is C23H26F5N3O5. The monoisotopic (exact) mass is 519 g/mol. The van der Waals surface area contributed by atoms with Crippen LogP contribution in [-0.2, 0) is 15.9 Å². The van der Waals surface area contributed by atoms with Gasteiger partial charge in [0.15, 0.2) is 23.1 Å². The zero-order valence-electron chi connectivity index (χ0n) is 19.7. The third-order valence-corrected chi connectivity index (χ3v) is 6.23. The first-order valence-corrected chi connectivity index (χ1v) is 11.4. The number of halogens is 5. The van der Waals surface area contributed by atoms with Crippen molar-refractivity contribution >= 4 is 17.6 Å². The normalized spacial score (nSPS) is 19.6. The predicted molar refractivity (Wildman–Crippen MR) is 117 cm³/mol. The highest BCUT2D eigenvalue weighted by molar-refractivity contribution is 6.03. The van der Waals surface area contributed by atoms with Crippen LogP contribution in [0.15, 0.2) is 16.5 Å². The van der Waals surface area contributed by atoms with Crippen molar-refractivity contribution in [2.75, 3.05) is 43.6 Å². The van der Waals surface area contributed by atoms with Gasteiger partial charge in [-0.15, -0.1) is 0 Å². The molecule has 1 N–H and O–H groups in total. The SMILES string of the molecule is CCC1(OC)CN(c2nc(C(=O)Nc3cc(F)c(OC4CCCOC4)c(F)c3)c(CC(F)(F)F)o2)C1. The molecule has 1 aromatic heterocycles. The van der Waals surface area contributed by atoms with Crippen molar-refractivity contribution in [2.24, 2.45) is 0 Å². The Labute approximate surface area is 203 Å². The van der Waals surface area contributed by atoms with Gasteiger partial charge in [0, 0.05) is 31.5 Å². The molecular weight excluding hydrogens is 493 g/mol. The Balaban J connectivity index is 1.52. The number of amides is 1. The molecule has 3 heterocycles. The van der Waals surface area contributed by atoms with Gasteiger partial charge in [0.1, 0.15) is 23.9 Å². The summed E-state index contributed by atoms with van der Waals surface area (Å²) in [6.45, 7) is 3.27. The first kappa shape index (κ1) is 26.1. The quantitative estimate of drug-likeness (QED) is 0.515. The molecule has 198 valence electrons. The second-order valence-electron chi connectivity index (χ2n) is 8.84. The number of alkyl halides is 3. The van der Waals surface area contributed by atoms with Crippen molar-refractivity contribution in [3.05, 3.63) is 35.2 Å². The van der Waals surface area contributed by atoms with Crippen molar-refractivity contribution in [3.63, 3.8) is 0 Å². The van der Waals surface area contributed by atoms with E-state index in [1.165, 1.54) is 7.11 Å². The van der Waals surface area contributed by atoms with Crippen molar-refractivity contribution in [2.45, 2.75) is 50.5 Å². The largest absolute Gasteiger partial charge is 0.482 e. The Bertz CT molecular complexity index is 1070. The van der Waals surface area contributed by atoms with Crippen LogP contribution in [0.3, 0.4) is 0 Å². The molecule has 2 saturated heterocycles. The van der Waals surface area contributed by atoms with Gasteiger partial charge in [-0.2, -0.15) is 18.2 Å². The van der Waals surface area contributed by atoms with E-state index in [0.29, 0.717) is 39.0 Å². The summed E-state index contributed by atoms with van der Waals surface area (Å²) < 4.78 is 89.8. The number of rotatable bonds is 8. The van der Waals surface area contributed by atoms with Crippen LogP contribution in [-0.4, -0.2) is 62.2 Å². The molecule has 4 rings (SSSR count). The van der Waals surface area contributed by atoms with Crippen LogP contribution in [0.4, 0.5) is 33.7 Å². The zero-order chi connectivity index (χ0) is 26.1. The lowest BCUT2D eigenvalue weighted by Crippen LogP contribution is -2.62. The van der Waals surface area contributed by atoms with Gasteiger partial charge < -0.3 is 28.8 Å². The molecule has 0 saturated carbocycles. The molecule has 1 amide bonds. The van der Waals surface area contributed by atoms with Gasteiger partial charge in [-0.25, -0.2) is 8.78 Å². The number of nitrogens with zero attached hydrogens (tertiary/aromatic N) is 2. The van der Waals surface area contributed by atoms with Gasteiger partial charge in [0.05, 0.1) is 19.7 Å². The molecule has 0 spiro atoms. The fourth-order valence-electron chi connectivity index (χ4n) is 4.14. The molecule has 1 atom stereocenters. The van der Waals surface area contributed by atoms with Gasteiger partial charge >= 0.3 is 6.18 Å². The van der Waals surface area contributed by atoms with Crippen LogP contribution in [0.25, 0.3) is 0 Å². The van der Waals surface area contributed by atoms with Crippen LogP contribution in [0.5, 0.6) is 5.75 Å². The number of aromatic nitrogens is 1. The number of carbonyl (C=O) groups is 1. The molecule has 2 aromatic rings. The van der Waals surface area contributed by atoms with Crippen molar-refractivity contribution in [1.82, 2.24) is 4.98 Å². The Kier molecular flexibility index (Phi) is 7.41. The molecule has 13 heteroatoms. The molecule has 2 aliphatic rings. The number of anilines is 2. The first-order chi connectivity index (χ1) is 17.0. The number of ether oxygens (including phenoxy) is 3. The molecule has 1 unspecified atom stereocenters. The highest BCUT2D eigenvalue weighted by Crippen LogP contribution is 2.35. The summed E-state index contributed by atoms with van der Waals surface area (Å²) in [6.07, 6.45) is -4.83. The van der Waals surface area contributed by atoms with E-state index in [4.69, 9.17) is 18.6 Å². The fourth-order valence-corrected chi connectivity index (χ4v) is 4.14. The maximum atomic E-state index is 14.6. The Morgan fingerprint density at radius 3 is 2.53 bits per heavy atom. The average Bonchev–Trinajstić information content (AvgIpc) is 3.19. The standard InChI is InChI=1S/C23H26F5N3O5/c1-3-22(33-2)11-31(12-22)21-30-18(17(36-21)9-23(26,27)28)20(32)29-13-7-15(24)19(16(25)8-13)35-14-5-4-6-34-10-14/h7-8,14H,3-6,9-12H2,1-2H3,(H,29,32). The minimum absolute atomic E-state index is 0.170. The van der Waals surface area contributed by atoms with E-state index < -0.39 is 59.0 Å². The summed E-state index contributed by atoms with van der Waals surface area (Å²) in [5.74, 6) is -4.60. The van der Waals surface area contributed by atoms with Crippen molar-refractivity contribution < 1.29 is 45.4 Å². The number of carbonyl (C=O) groups excluding carboxylic acids is 1. The lowest BCUT2D eigenvalue weighted by Gasteiger charge is -2.47. The van der Waals surface area contributed by atoms with Gasteiger partial charge in [-0.1, -0.05) is 6.92 Å². The van der Waals surface area contributed by atoms with Gasteiger partial charge in [-0.3, -0.25) is 4.79 Å². The molecule has 0 bridgehead atoms. The van der Waals surface area contributed by atoms with Crippen molar-refractivity contribution in [1.29, 1.82) is 0 Å². The van der Waals surface area contributed by atoms with Crippen LogP contribution >= 0.6 is 0 Å². The van der Waals surface area contributed by atoms with Crippen LogP contribution < -0.4 is 15.0 Å². The van der Waals surface area contributed by atoms with Gasteiger partial charge in [0.25, 0.3) is 11.9 Å². The maximum Gasteiger partial charge on any atom is 0.396 e. The van der Waals surface area contributed by atoms with E-state index in [-0.39, 0.29) is 18.3 Å². The van der Waals surface area contributed by atoms with Crippen molar-refractivity contribution in [3.8, 4) is 5.75 Å². The van der Waals surface area contributed by atoms with Gasteiger partial charge in [0.2, 0.25) is 0 Å². The first-order valence-electron chi connectivity index (χ1n) is 11.4. The minimum atomic E-state index is -4.68. The number of oxazole rings is 1. The molecule has 0 aliphatic carbocycles. The molecule has 2 aliphatic heterocycles. The molecule has 36 heavy (non-hydrogen) atoms. The predicted octanol–water partition coefficient (Wildman–Crippen LogP) is 4.48. The fraction of sp³-hybridized carbons (Fsp3) is 0.565. The van der Waals surface area contributed by atoms with Crippen LogP contribution in [0, 0.1) is 11.6 Å². The van der Waals surface area contributed by atoms with Gasteiger partial charge in [-0.05, 0) is 19.3 Å². The van der Waals surface area contributed by atoms with E-state index in [2.05, 4.69) is 10.3 Å². The molecule has 8 nitrogen and oxygen atoms in total. The van der Waals surface area contributed by atoms with Crippen LogP contribution in [0.1, 0.15) is 42.4 Å². The number of hydrogen-bond acceptors (Lipinski definition) is 7. The summed E-state index contributed by atoms with van der Waals surface area (Å²) in [5, 5.41) is 2.19. The van der Waals surface area contributed by atoms with E-state index in [1.807, 2.05) is 6.92 Å². The number of hydrogen-bond donors (Lipinski definition) is 1. The van der Waals surface area contributed by atoms with E-state index >= 15 is 0 Å². The minimum Gasteiger partial charge on any atom is -0.482 e. The highest BCUT2D eigenvalue weighted by Gasteiger charge is 2.45. The summed E-state index contributed by atoms with van der Waals surface area (Å²) in [6, 6.07) is 1.46. The third kappa shape index (κ3) is 5.72. The lowest BCUT2D eigenvalue weighted by atomic mass is 9.91. The topological polar surface area (TPSA) is 86.1 Å². The molecule has 1 aromatic carbocycles. The lowest BCUT2D eigenvalue weighted by molar-refractivity contribution is -0.130. The number of nitrogens with one attached hydrogen (secondary N) is 1. The summed E-state index contributed by atoms with van der Waals surface area (Å²) in [4.78, 5) is 18.3. The van der Waals surface area contributed by atoms with E-state index in [9.17, 15) is 26.7 Å². The second-order valence-corrected chi connectivity index (χ2v) is 8.84. The third-order valence-electron chi connectivity index (χ3n) is 6.23. The van der Waals surface area contributed by atoms with E-state index in [0.717, 1.165) is 12.1 Å². The average molecular weight is 519 g/mol. The second kappa shape index (κ2) is 10.2. The van der Waals surface area contributed by atoms with E-state index in [1.54, 1.807) is 4.90 Å². The smallest absolute Gasteiger partial charge is 0.396 e. The molecule has 2 fully saturated rings. The summed E-state index contributed by atoms with van der Waals surface area (Å²) in [7, 11) is 1.53. The summed E-state index contributed by atoms with van der Waals surface area (Å²) in [5.41, 5.74) is -1.43. The van der Waals surface area contributed by atoms with Crippen LogP contribution in [0.2, 0.25) is 0 Å². The number of benzene rings is 1. The Morgan fingerprint density at radius 2 is 1.97 bits per heavy atom.